The monoisotopic (exact) mass is 188 g/mol. The molecule has 0 N–H and O–H groups in total. The van der Waals surface area contributed by atoms with E-state index in [1.54, 1.807) is 0 Å². The van der Waals surface area contributed by atoms with Gasteiger partial charge in [0.15, 0.2) is 0 Å². The molecular weight excluding hydrogens is 170 g/mol. The molecule has 0 aromatic heterocycles. The highest BCUT2D eigenvalue weighted by molar-refractivity contribution is 5.63. The molecule has 0 heterocycles. The molecule has 14 heavy (non-hydrogen) atoms. The molecule has 0 atom stereocenters. The van der Waals surface area contributed by atoms with Crippen LogP contribution >= 0.6 is 0 Å². The Hall–Kier alpha value is -1.11. The summed E-state index contributed by atoms with van der Waals surface area (Å²) in [6.07, 6.45) is 3.98. The highest BCUT2D eigenvalue weighted by Crippen LogP contribution is 2.18. The van der Waals surface area contributed by atoms with Crippen LogP contribution in [0.4, 0.5) is 5.69 Å². The lowest BCUT2D eigenvalue weighted by atomic mass is 9.93. The first-order chi connectivity index (χ1) is 6.47. The molecular formula is C13H18N-. The zero-order valence-electron chi connectivity index (χ0n) is 9.46. The molecule has 0 aliphatic rings. The second-order valence-electron chi connectivity index (χ2n) is 4.84. The van der Waals surface area contributed by atoms with Crippen LogP contribution in [-0.4, -0.2) is 6.21 Å². The molecule has 76 valence electrons. The van der Waals surface area contributed by atoms with Crippen molar-refractivity contribution in [1.82, 2.24) is 0 Å². The van der Waals surface area contributed by atoms with E-state index in [0.717, 1.165) is 12.1 Å². The normalized spacial score (nSPS) is 12.3. The highest BCUT2D eigenvalue weighted by Gasteiger charge is 2.03. The Morgan fingerprint density at radius 2 is 1.71 bits per heavy atom. The van der Waals surface area contributed by atoms with Crippen molar-refractivity contribution in [3.05, 3.63) is 29.8 Å². The predicted octanol–water partition coefficient (Wildman–Crippen LogP) is 4.01. The minimum atomic E-state index is 0.272. The predicted molar refractivity (Wildman–Crippen MR) is 62.3 cm³/mol. The first kappa shape index (κ1) is 11.0. The minimum absolute atomic E-state index is 0.272. The molecule has 0 saturated heterocycles. The van der Waals surface area contributed by atoms with Gasteiger partial charge < -0.3 is 4.99 Å². The van der Waals surface area contributed by atoms with E-state index in [1.807, 2.05) is 12.1 Å². The smallest absolute Gasteiger partial charge is 0.0399 e. The van der Waals surface area contributed by atoms with Crippen molar-refractivity contribution in [3.8, 4) is 0 Å². The fourth-order valence-electron chi connectivity index (χ4n) is 0.987. The van der Waals surface area contributed by atoms with Gasteiger partial charge in [0.2, 0.25) is 0 Å². The van der Waals surface area contributed by atoms with Crippen molar-refractivity contribution in [1.29, 1.82) is 0 Å². The lowest BCUT2D eigenvalue weighted by Gasteiger charge is -2.18. The van der Waals surface area contributed by atoms with Gasteiger partial charge in [-0.1, -0.05) is 50.6 Å². The Morgan fingerprint density at radius 1 is 1.14 bits per heavy atom. The number of benzene rings is 1. The standard InChI is InChI=1S/C13H18N/c1-11-5-7-12(8-6-11)14-10-9-13(2,3)4/h5-8H,9H2,1-4H3/q-1. The molecule has 1 heteroatoms. The van der Waals surface area contributed by atoms with Gasteiger partial charge in [0.1, 0.15) is 0 Å². The number of nitrogens with zero attached hydrogens (tertiary/aromatic N) is 1. The molecule has 0 amide bonds. The average molecular weight is 188 g/mol. The topological polar surface area (TPSA) is 12.4 Å². The molecule has 0 saturated carbocycles. The summed E-state index contributed by atoms with van der Waals surface area (Å²) in [5.74, 6) is 0. The van der Waals surface area contributed by atoms with Gasteiger partial charge in [0.05, 0.1) is 0 Å². The van der Waals surface area contributed by atoms with E-state index in [9.17, 15) is 0 Å². The molecule has 0 aliphatic carbocycles. The fraction of sp³-hybridized carbons (Fsp3) is 0.462. The summed E-state index contributed by atoms with van der Waals surface area (Å²) in [5, 5.41) is 0. The van der Waals surface area contributed by atoms with Crippen molar-refractivity contribution in [2.75, 3.05) is 0 Å². The maximum absolute atomic E-state index is 4.28. The first-order valence-corrected chi connectivity index (χ1v) is 4.98. The Kier molecular flexibility index (Phi) is 3.45. The van der Waals surface area contributed by atoms with Gasteiger partial charge in [0.25, 0.3) is 0 Å². The molecule has 0 fully saturated rings. The summed E-state index contributed by atoms with van der Waals surface area (Å²) in [6.45, 7) is 8.63. The molecule has 0 aliphatic heterocycles. The van der Waals surface area contributed by atoms with E-state index < -0.39 is 0 Å². The molecule has 1 aromatic rings. The zero-order valence-corrected chi connectivity index (χ0v) is 9.46. The molecule has 1 nitrogen and oxygen atoms in total. The molecule has 0 radical (unpaired) electrons. The lowest BCUT2D eigenvalue weighted by molar-refractivity contribution is 0.437. The van der Waals surface area contributed by atoms with Gasteiger partial charge in [-0.25, -0.2) is 0 Å². The van der Waals surface area contributed by atoms with Crippen LogP contribution in [0.1, 0.15) is 32.8 Å². The summed E-state index contributed by atoms with van der Waals surface area (Å²) in [4.78, 5) is 4.28. The number of hydrogen-bond donors (Lipinski definition) is 0. The second-order valence-corrected chi connectivity index (χ2v) is 4.84. The van der Waals surface area contributed by atoms with E-state index in [4.69, 9.17) is 0 Å². The summed E-state index contributed by atoms with van der Waals surface area (Å²) >= 11 is 0. The summed E-state index contributed by atoms with van der Waals surface area (Å²) in [7, 11) is 0. The Labute approximate surface area is 86.9 Å². The van der Waals surface area contributed by atoms with Crippen molar-refractivity contribution < 1.29 is 0 Å². The van der Waals surface area contributed by atoms with Gasteiger partial charge in [-0.2, -0.15) is 6.21 Å². The van der Waals surface area contributed by atoms with Gasteiger partial charge >= 0.3 is 0 Å². The van der Waals surface area contributed by atoms with E-state index >= 15 is 0 Å². The summed E-state index contributed by atoms with van der Waals surface area (Å²) in [5.41, 5.74) is 2.52. The van der Waals surface area contributed by atoms with Crippen molar-refractivity contribution >= 4 is 11.9 Å². The number of hydrogen-bond acceptors (Lipinski definition) is 1. The van der Waals surface area contributed by atoms with Crippen molar-refractivity contribution in [3.63, 3.8) is 0 Å². The largest absolute Gasteiger partial charge is 0.456 e. The molecule has 1 rings (SSSR count). The van der Waals surface area contributed by atoms with E-state index in [0.29, 0.717) is 0 Å². The van der Waals surface area contributed by atoms with Gasteiger partial charge in [-0.15, -0.1) is 12.1 Å². The highest BCUT2D eigenvalue weighted by atomic mass is 14.7. The SMILES string of the molecule is Cc1ccc(N=[C-]CC(C)(C)C)cc1. The molecule has 0 spiro atoms. The molecule has 0 bridgehead atoms. The third-order valence-electron chi connectivity index (χ3n) is 1.85. The van der Waals surface area contributed by atoms with Crippen LogP contribution in [0.5, 0.6) is 0 Å². The Balaban J connectivity index is 2.57. The van der Waals surface area contributed by atoms with Crippen molar-refractivity contribution in [2.24, 2.45) is 10.4 Å². The van der Waals surface area contributed by atoms with Crippen LogP contribution < -0.4 is 0 Å². The Bertz CT molecular complexity index is 301. The van der Waals surface area contributed by atoms with Crippen LogP contribution in [-0.2, 0) is 0 Å². The van der Waals surface area contributed by atoms with E-state index in [2.05, 4.69) is 51.0 Å². The Morgan fingerprint density at radius 3 is 2.21 bits per heavy atom. The van der Waals surface area contributed by atoms with Gasteiger partial charge in [-0.05, 0) is 12.3 Å². The van der Waals surface area contributed by atoms with Crippen LogP contribution in [0, 0.1) is 12.3 Å². The fourth-order valence-corrected chi connectivity index (χ4v) is 0.987. The van der Waals surface area contributed by atoms with Crippen LogP contribution in [0.2, 0.25) is 0 Å². The average Bonchev–Trinajstić information content (AvgIpc) is 2.06. The summed E-state index contributed by atoms with van der Waals surface area (Å²) in [6, 6.07) is 8.17. The van der Waals surface area contributed by atoms with Gasteiger partial charge in [-0.3, -0.25) is 0 Å². The van der Waals surface area contributed by atoms with Crippen molar-refractivity contribution in [2.45, 2.75) is 34.1 Å². The minimum Gasteiger partial charge on any atom is -0.456 e. The third-order valence-corrected chi connectivity index (χ3v) is 1.85. The number of aryl methyl sites for hydroxylation is 1. The third kappa shape index (κ3) is 4.22. The molecule has 1 aromatic carbocycles. The lowest BCUT2D eigenvalue weighted by Crippen LogP contribution is -2.04. The van der Waals surface area contributed by atoms with E-state index in [-0.39, 0.29) is 5.41 Å². The zero-order chi connectivity index (χ0) is 10.6. The quantitative estimate of drug-likeness (QED) is 0.491. The van der Waals surface area contributed by atoms with Crippen LogP contribution in [0.25, 0.3) is 0 Å². The number of rotatable bonds is 2. The number of aliphatic imine (C=N–C) groups is 1. The van der Waals surface area contributed by atoms with Crippen LogP contribution in [0.3, 0.4) is 0 Å². The maximum Gasteiger partial charge on any atom is -0.0399 e. The van der Waals surface area contributed by atoms with Gasteiger partial charge in [0, 0.05) is 0 Å². The second kappa shape index (κ2) is 4.41. The summed E-state index contributed by atoms with van der Waals surface area (Å²) < 4.78 is 0. The van der Waals surface area contributed by atoms with Crippen LogP contribution in [0.15, 0.2) is 29.3 Å². The first-order valence-electron chi connectivity index (χ1n) is 4.98. The molecule has 0 unspecified atom stereocenters. The van der Waals surface area contributed by atoms with E-state index in [1.165, 1.54) is 5.56 Å². The maximum atomic E-state index is 4.28.